The minimum atomic E-state index is -0.0607. The maximum absolute atomic E-state index is 6.21. The predicted octanol–water partition coefficient (Wildman–Crippen LogP) is 5.64. The Hall–Kier alpha value is -2.90. The van der Waals surface area contributed by atoms with Crippen LogP contribution in [-0.4, -0.2) is 34.5 Å². The van der Waals surface area contributed by atoms with Crippen LogP contribution in [0.3, 0.4) is 0 Å². The molecular weight excluding hydrogens is 456 g/mol. The van der Waals surface area contributed by atoms with E-state index in [1.807, 2.05) is 18.3 Å². The van der Waals surface area contributed by atoms with Crippen molar-refractivity contribution in [3.8, 4) is 5.75 Å². The van der Waals surface area contributed by atoms with E-state index in [9.17, 15) is 0 Å². The molecular formula is C28H34N4O2S. The number of anilines is 1. The molecule has 35 heavy (non-hydrogen) atoms. The second-order valence-corrected chi connectivity index (χ2v) is 9.87. The highest BCUT2D eigenvalue weighted by atomic mass is 32.1. The number of hydrogen-bond donors (Lipinski definition) is 1. The standard InChI is InChI=1S/C28H34N4O2S/c1-19-18-24(20(2)31(19)16-17-33-3)27-26(25-10-6-7-15-29-25)30-28(35)32(27)21-11-13-23(14-12-21)34-22-8-4-5-9-22/h6-7,10-15,18,22,26-27H,4-5,8-9,16-17H2,1-3H3,(H,30,35)/t26-,27+/m0/s1. The summed E-state index contributed by atoms with van der Waals surface area (Å²) in [6.45, 7) is 5.83. The van der Waals surface area contributed by atoms with Crippen LogP contribution in [0.1, 0.15) is 60.4 Å². The molecule has 2 atom stereocenters. The molecule has 0 spiro atoms. The molecule has 7 heteroatoms. The first-order valence-corrected chi connectivity index (χ1v) is 12.9. The second kappa shape index (κ2) is 10.4. The average Bonchev–Trinajstić information content (AvgIpc) is 3.57. The van der Waals surface area contributed by atoms with Crippen molar-refractivity contribution in [2.24, 2.45) is 0 Å². The number of nitrogens with zero attached hydrogens (tertiary/aromatic N) is 3. The van der Waals surface area contributed by atoms with Gasteiger partial charge in [-0.3, -0.25) is 4.98 Å². The van der Waals surface area contributed by atoms with Crippen molar-refractivity contribution in [1.82, 2.24) is 14.9 Å². The molecule has 3 aromatic rings. The lowest BCUT2D eigenvalue weighted by molar-refractivity contribution is 0.186. The molecule has 2 aromatic heterocycles. The first-order chi connectivity index (χ1) is 17.1. The molecule has 2 fully saturated rings. The molecule has 6 nitrogen and oxygen atoms in total. The number of rotatable bonds is 8. The molecule has 0 unspecified atom stereocenters. The monoisotopic (exact) mass is 490 g/mol. The van der Waals surface area contributed by atoms with E-state index in [0.29, 0.717) is 17.8 Å². The Morgan fingerprint density at radius 1 is 1.09 bits per heavy atom. The van der Waals surface area contributed by atoms with Gasteiger partial charge in [0.15, 0.2) is 5.11 Å². The molecule has 1 aromatic carbocycles. The number of nitrogens with one attached hydrogen (secondary N) is 1. The van der Waals surface area contributed by atoms with Crippen LogP contribution in [0.5, 0.6) is 5.75 Å². The summed E-state index contributed by atoms with van der Waals surface area (Å²) in [4.78, 5) is 6.92. The van der Waals surface area contributed by atoms with Gasteiger partial charge in [0.05, 0.1) is 30.5 Å². The van der Waals surface area contributed by atoms with Gasteiger partial charge >= 0.3 is 0 Å². The minimum absolute atomic E-state index is 0.0264. The molecule has 1 aliphatic carbocycles. The summed E-state index contributed by atoms with van der Waals surface area (Å²) in [6, 6.07) is 16.6. The highest BCUT2D eigenvalue weighted by Crippen LogP contribution is 2.43. The van der Waals surface area contributed by atoms with Gasteiger partial charge in [-0.25, -0.2) is 0 Å². The van der Waals surface area contributed by atoms with Gasteiger partial charge in [0.25, 0.3) is 0 Å². The smallest absolute Gasteiger partial charge is 0.174 e. The van der Waals surface area contributed by atoms with Crippen LogP contribution in [0.2, 0.25) is 0 Å². The predicted molar refractivity (Wildman–Crippen MR) is 143 cm³/mol. The van der Waals surface area contributed by atoms with E-state index in [-0.39, 0.29) is 12.1 Å². The van der Waals surface area contributed by atoms with Gasteiger partial charge in [0, 0.05) is 36.9 Å². The molecule has 1 aliphatic heterocycles. The van der Waals surface area contributed by atoms with E-state index in [1.165, 1.54) is 29.8 Å². The summed E-state index contributed by atoms with van der Waals surface area (Å²) in [5.41, 5.74) is 5.71. The molecule has 1 saturated heterocycles. The summed E-state index contributed by atoms with van der Waals surface area (Å²) in [6.07, 6.45) is 7.00. The van der Waals surface area contributed by atoms with E-state index in [1.54, 1.807) is 7.11 Å². The molecule has 184 valence electrons. The largest absolute Gasteiger partial charge is 0.490 e. The number of pyridine rings is 1. The lowest BCUT2D eigenvalue weighted by Crippen LogP contribution is -2.29. The third-order valence-electron chi connectivity index (χ3n) is 7.27. The second-order valence-electron chi connectivity index (χ2n) is 9.49. The maximum Gasteiger partial charge on any atom is 0.174 e. The van der Waals surface area contributed by atoms with Crippen LogP contribution in [0.15, 0.2) is 54.7 Å². The van der Waals surface area contributed by atoms with Crippen molar-refractivity contribution in [3.63, 3.8) is 0 Å². The van der Waals surface area contributed by atoms with Crippen molar-refractivity contribution in [1.29, 1.82) is 0 Å². The molecule has 0 amide bonds. The highest BCUT2D eigenvalue weighted by Gasteiger charge is 2.42. The number of aryl methyl sites for hydroxylation is 1. The number of methoxy groups -OCH3 is 1. The van der Waals surface area contributed by atoms with Gasteiger partial charge in [-0.1, -0.05) is 6.07 Å². The summed E-state index contributed by atoms with van der Waals surface area (Å²) >= 11 is 5.91. The Bertz CT molecular complexity index is 1160. The topological polar surface area (TPSA) is 51.5 Å². The lowest BCUT2D eigenvalue weighted by atomic mass is 9.96. The van der Waals surface area contributed by atoms with Crippen molar-refractivity contribution >= 4 is 23.0 Å². The molecule has 0 radical (unpaired) electrons. The van der Waals surface area contributed by atoms with E-state index in [0.717, 1.165) is 36.5 Å². The minimum Gasteiger partial charge on any atom is -0.490 e. The van der Waals surface area contributed by atoms with E-state index < -0.39 is 0 Å². The zero-order valence-electron chi connectivity index (χ0n) is 20.7. The van der Waals surface area contributed by atoms with Gasteiger partial charge < -0.3 is 24.3 Å². The van der Waals surface area contributed by atoms with Crippen LogP contribution < -0.4 is 15.0 Å². The number of thiocarbonyl (C=S) groups is 1. The quantitative estimate of drug-likeness (QED) is 0.412. The van der Waals surface area contributed by atoms with Crippen molar-refractivity contribution < 1.29 is 9.47 Å². The molecule has 0 bridgehead atoms. The normalized spacial score (nSPS) is 20.4. The van der Waals surface area contributed by atoms with Crippen molar-refractivity contribution in [2.45, 2.75) is 64.3 Å². The molecule has 2 aliphatic rings. The third kappa shape index (κ3) is 4.80. The fourth-order valence-corrected chi connectivity index (χ4v) is 5.83. The zero-order chi connectivity index (χ0) is 24.4. The lowest BCUT2D eigenvalue weighted by Gasteiger charge is -2.28. The van der Waals surface area contributed by atoms with Crippen LogP contribution in [0.25, 0.3) is 0 Å². The SMILES string of the molecule is COCCn1c(C)cc([C@@H]2[C@H](c3ccccn3)NC(=S)N2c2ccc(OC3CCCC3)cc2)c1C. The van der Waals surface area contributed by atoms with Gasteiger partial charge in [0.1, 0.15) is 5.75 Å². The molecule has 1 N–H and O–H groups in total. The number of aromatic nitrogens is 2. The number of benzene rings is 1. The fourth-order valence-electron chi connectivity index (χ4n) is 5.49. The van der Waals surface area contributed by atoms with Gasteiger partial charge in [0.2, 0.25) is 0 Å². The summed E-state index contributed by atoms with van der Waals surface area (Å²) in [7, 11) is 1.74. The third-order valence-corrected chi connectivity index (χ3v) is 7.58. The van der Waals surface area contributed by atoms with E-state index in [2.05, 4.69) is 70.0 Å². The Morgan fingerprint density at radius 3 is 2.54 bits per heavy atom. The average molecular weight is 491 g/mol. The van der Waals surface area contributed by atoms with Gasteiger partial charge in [-0.2, -0.15) is 0 Å². The number of ether oxygens (including phenoxy) is 2. The Kier molecular flexibility index (Phi) is 7.07. The van der Waals surface area contributed by atoms with Gasteiger partial charge in [-0.05, 0) is 99.8 Å². The zero-order valence-corrected chi connectivity index (χ0v) is 21.6. The van der Waals surface area contributed by atoms with Crippen molar-refractivity contribution in [3.05, 3.63) is 77.4 Å². The van der Waals surface area contributed by atoms with E-state index in [4.69, 9.17) is 21.7 Å². The summed E-state index contributed by atoms with van der Waals surface area (Å²) in [5, 5.41) is 4.27. The van der Waals surface area contributed by atoms with Crippen LogP contribution in [0, 0.1) is 13.8 Å². The van der Waals surface area contributed by atoms with Crippen molar-refractivity contribution in [2.75, 3.05) is 18.6 Å². The fraction of sp³-hybridized carbons (Fsp3) is 0.429. The highest BCUT2D eigenvalue weighted by molar-refractivity contribution is 7.80. The first-order valence-electron chi connectivity index (χ1n) is 12.5. The van der Waals surface area contributed by atoms with Crippen LogP contribution in [-0.2, 0) is 11.3 Å². The van der Waals surface area contributed by atoms with Crippen LogP contribution in [0.4, 0.5) is 5.69 Å². The van der Waals surface area contributed by atoms with Crippen LogP contribution >= 0.6 is 12.2 Å². The van der Waals surface area contributed by atoms with Gasteiger partial charge in [-0.15, -0.1) is 0 Å². The number of hydrogen-bond acceptors (Lipinski definition) is 4. The van der Waals surface area contributed by atoms with E-state index >= 15 is 0 Å². The molecule has 1 saturated carbocycles. The maximum atomic E-state index is 6.21. The Balaban J connectivity index is 1.51. The Morgan fingerprint density at radius 2 is 1.86 bits per heavy atom. The Labute approximate surface area is 213 Å². The summed E-state index contributed by atoms with van der Waals surface area (Å²) in [5.74, 6) is 0.925. The molecule has 5 rings (SSSR count). The first kappa shape index (κ1) is 23.8. The summed E-state index contributed by atoms with van der Waals surface area (Å²) < 4.78 is 13.9. The molecule has 3 heterocycles.